The molecule has 17 nitrogen and oxygen atoms in total. The Balaban J connectivity index is 5.14. The van der Waals surface area contributed by atoms with Gasteiger partial charge in [-0.05, 0) is 37.5 Å². The lowest BCUT2D eigenvalue weighted by molar-refractivity contribution is -0.161. The Morgan fingerprint density at radius 3 is 0.844 bits per heavy atom. The molecule has 0 aliphatic heterocycles. The molecule has 90 heavy (non-hydrogen) atoms. The lowest BCUT2D eigenvalue weighted by Crippen LogP contribution is -2.30. The van der Waals surface area contributed by atoms with E-state index in [1.54, 1.807) is 0 Å². The van der Waals surface area contributed by atoms with Crippen LogP contribution in [0.15, 0.2) is 0 Å². The van der Waals surface area contributed by atoms with Gasteiger partial charge in [-0.25, -0.2) is 9.13 Å². The van der Waals surface area contributed by atoms with E-state index in [2.05, 4.69) is 41.5 Å². The zero-order valence-electron chi connectivity index (χ0n) is 58.4. The second-order valence-electron chi connectivity index (χ2n) is 26.3. The topological polar surface area (TPSA) is 237 Å². The van der Waals surface area contributed by atoms with Crippen LogP contribution in [-0.2, 0) is 65.4 Å². The van der Waals surface area contributed by atoms with Crippen molar-refractivity contribution in [2.45, 2.75) is 381 Å². The summed E-state index contributed by atoms with van der Waals surface area (Å²) in [5, 5.41) is 10.6. The number of aliphatic hydroxyl groups is 1. The number of ether oxygens (including phenoxy) is 4. The third kappa shape index (κ3) is 63.5. The van der Waals surface area contributed by atoms with E-state index in [0.717, 1.165) is 109 Å². The van der Waals surface area contributed by atoms with Gasteiger partial charge < -0.3 is 33.8 Å². The van der Waals surface area contributed by atoms with Gasteiger partial charge in [0.25, 0.3) is 0 Å². The highest BCUT2D eigenvalue weighted by Gasteiger charge is 2.30. The third-order valence-electron chi connectivity index (χ3n) is 16.8. The van der Waals surface area contributed by atoms with Gasteiger partial charge in [0.15, 0.2) is 12.2 Å². The van der Waals surface area contributed by atoms with Crippen molar-refractivity contribution in [3.05, 3.63) is 0 Å². The predicted molar refractivity (Wildman–Crippen MR) is 363 cm³/mol. The van der Waals surface area contributed by atoms with Gasteiger partial charge in [0, 0.05) is 25.7 Å². The number of esters is 4. The smallest absolute Gasteiger partial charge is 0.462 e. The highest BCUT2D eigenvalue weighted by molar-refractivity contribution is 7.47. The van der Waals surface area contributed by atoms with Gasteiger partial charge in [0.05, 0.1) is 26.4 Å². The largest absolute Gasteiger partial charge is 0.472 e. The standard InChI is InChI=1S/C71H138O17P2/c1-7-10-12-14-16-18-20-21-22-23-24-25-26-27-28-29-30-32-34-44-50-56-71(76)88-67(60-82-69(74)54-48-42-38-36-40-46-52-64(6)9-3)62-86-90(79,80)84-58-65(72)57-83-89(77,78)85-61-66(59-81-68(73)53-47-41-37-35-39-45-51-63(4)5)87-70(75)55-49-43-33-31-19-17-15-13-11-8-2/h63-67,72H,7-62H2,1-6H3,(H,77,78)(H,79,80)/t64?,65-,66+,67+/m0/s1. The van der Waals surface area contributed by atoms with Gasteiger partial charge in [-0.2, -0.15) is 0 Å². The lowest BCUT2D eigenvalue weighted by Gasteiger charge is -2.21. The summed E-state index contributed by atoms with van der Waals surface area (Å²) in [5.74, 6) is -0.718. The fraction of sp³-hybridized carbons (Fsp3) is 0.944. The van der Waals surface area contributed by atoms with Crippen LogP contribution in [0.5, 0.6) is 0 Å². The molecule has 0 radical (unpaired) electrons. The maximum Gasteiger partial charge on any atom is 0.472 e. The summed E-state index contributed by atoms with van der Waals surface area (Å²) >= 11 is 0. The zero-order chi connectivity index (χ0) is 66.5. The van der Waals surface area contributed by atoms with Gasteiger partial charge in [0.1, 0.15) is 19.3 Å². The monoisotopic (exact) mass is 1320 g/mol. The minimum Gasteiger partial charge on any atom is -0.462 e. The van der Waals surface area contributed by atoms with Crippen molar-refractivity contribution >= 4 is 39.5 Å². The zero-order valence-corrected chi connectivity index (χ0v) is 60.2. The molecule has 0 aromatic rings. The van der Waals surface area contributed by atoms with Crippen LogP contribution in [0.3, 0.4) is 0 Å². The summed E-state index contributed by atoms with van der Waals surface area (Å²) in [7, 11) is -9.90. The van der Waals surface area contributed by atoms with Gasteiger partial charge in [-0.15, -0.1) is 0 Å². The molecule has 0 spiro atoms. The second-order valence-corrected chi connectivity index (χ2v) is 29.3. The number of phosphoric ester groups is 2. The fourth-order valence-corrected chi connectivity index (χ4v) is 12.3. The van der Waals surface area contributed by atoms with Gasteiger partial charge in [0.2, 0.25) is 0 Å². The molecule has 0 aromatic carbocycles. The van der Waals surface area contributed by atoms with Crippen LogP contribution in [0.2, 0.25) is 0 Å². The Labute approximate surface area is 549 Å². The summed E-state index contributed by atoms with van der Waals surface area (Å²) in [6.07, 6.45) is 49.0. The van der Waals surface area contributed by atoms with Gasteiger partial charge in [-0.1, -0.05) is 311 Å². The van der Waals surface area contributed by atoms with E-state index < -0.39 is 97.5 Å². The number of unbranched alkanes of at least 4 members (excludes halogenated alkanes) is 39. The molecular weight excluding hydrogens is 1190 g/mol. The number of hydrogen-bond acceptors (Lipinski definition) is 15. The van der Waals surface area contributed by atoms with Crippen LogP contribution in [0, 0.1) is 11.8 Å². The van der Waals surface area contributed by atoms with Crippen molar-refractivity contribution in [1.29, 1.82) is 0 Å². The first-order valence-corrected chi connectivity index (χ1v) is 40.0. The summed E-state index contributed by atoms with van der Waals surface area (Å²) in [5.41, 5.74) is 0. The fourth-order valence-electron chi connectivity index (χ4n) is 10.7. The second kappa shape index (κ2) is 63.1. The minimum absolute atomic E-state index is 0.105. The molecule has 0 fully saturated rings. The Morgan fingerprint density at radius 2 is 0.567 bits per heavy atom. The summed E-state index contributed by atoms with van der Waals surface area (Å²) in [4.78, 5) is 72.4. The Hall–Kier alpha value is -1.94. The maximum atomic E-state index is 13.0. The van der Waals surface area contributed by atoms with Gasteiger partial charge in [-0.3, -0.25) is 37.3 Å². The van der Waals surface area contributed by atoms with Crippen LogP contribution in [0.25, 0.3) is 0 Å². The first-order chi connectivity index (χ1) is 43.4. The van der Waals surface area contributed by atoms with E-state index >= 15 is 0 Å². The minimum atomic E-state index is -4.95. The maximum absolute atomic E-state index is 13.0. The highest BCUT2D eigenvalue weighted by atomic mass is 31.2. The molecule has 0 aromatic heterocycles. The Kier molecular flexibility index (Phi) is 61.8. The summed E-state index contributed by atoms with van der Waals surface area (Å²) in [6, 6.07) is 0. The molecule has 534 valence electrons. The predicted octanol–water partition coefficient (Wildman–Crippen LogP) is 20.4. The summed E-state index contributed by atoms with van der Waals surface area (Å²) < 4.78 is 68.2. The number of aliphatic hydroxyl groups excluding tert-OH is 1. The van der Waals surface area contributed by atoms with Gasteiger partial charge >= 0.3 is 39.5 Å². The van der Waals surface area contributed by atoms with E-state index in [0.29, 0.717) is 31.6 Å². The van der Waals surface area contributed by atoms with Crippen molar-refractivity contribution in [3.63, 3.8) is 0 Å². The van der Waals surface area contributed by atoms with Crippen LogP contribution >= 0.6 is 15.6 Å². The first kappa shape index (κ1) is 88.1. The molecule has 19 heteroatoms. The molecular formula is C71H138O17P2. The van der Waals surface area contributed by atoms with Crippen molar-refractivity contribution in [1.82, 2.24) is 0 Å². The normalized spacial score (nSPS) is 14.4. The van der Waals surface area contributed by atoms with Crippen LogP contribution in [0.1, 0.15) is 363 Å². The van der Waals surface area contributed by atoms with Crippen molar-refractivity contribution in [2.24, 2.45) is 11.8 Å². The van der Waals surface area contributed by atoms with Crippen molar-refractivity contribution in [3.8, 4) is 0 Å². The van der Waals surface area contributed by atoms with Crippen LogP contribution in [-0.4, -0.2) is 96.7 Å². The first-order valence-electron chi connectivity index (χ1n) is 37.0. The number of carbonyl (C=O) groups is 4. The van der Waals surface area contributed by atoms with E-state index in [-0.39, 0.29) is 25.7 Å². The van der Waals surface area contributed by atoms with Crippen LogP contribution < -0.4 is 0 Å². The molecule has 0 saturated carbocycles. The molecule has 3 N–H and O–H groups in total. The van der Waals surface area contributed by atoms with E-state index in [1.807, 2.05) is 0 Å². The van der Waals surface area contributed by atoms with E-state index in [9.17, 15) is 43.2 Å². The SMILES string of the molecule is CCCCCCCCCCCCCCCCCCCCCCCC(=O)O[C@H](COC(=O)CCCCCCCCC(C)CC)COP(=O)(O)OC[C@@H](O)COP(=O)(O)OC[C@@H](COC(=O)CCCCCCCCC(C)C)OC(=O)CCCCCCCCCCCC. The molecule has 0 rings (SSSR count). The lowest BCUT2D eigenvalue weighted by atomic mass is 10.00. The molecule has 0 bridgehead atoms. The summed E-state index contributed by atoms with van der Waals surface area (Å²) in [6.45, 7) is 9.41. The molecule has 0 saturated heterocycles. The number of rotatable bonds is 70. The number of hydrogen-bond donors (Lipinski definition) is 3. The Bertz CT molecular complexity index is 1750. The Morgan fingerprint density at radius 1 is 0.322 bits per heavy atom. The third-order valence-corrected chi connectivity index (χ3v) is 18.7. The molecule has 6 atom stereocenters. The molecule has 3 unspecified atom stereocenters. The average Bonchev–Trinajstić information content (AvgIpc) is 3.66. The van der Waals surface area contributed by atoms with Crippen molar-refractivity contribution in [2.75, 3.05) is 39.6 Å². The average molecular weight is 1330 g/mol. The van der Waals surface area contributed by atoms with E-state index in [4.69, 9.17) is 37.0 Å². The molecule has 0 heterocycles. The quantitative estimate of drug-likeness (QED) is 0.0222. The van der Waals surface area contributed by atoms with E-state index in [1.165, 1.54) is 167 Å². The highest BCUT2D eigenvalue weighted by Crippen LogP contribution is 2.45. The molecule has 0 aliphatic rings. The molecule has 0 aliphatic carbocycles. The van der Waals surface area contributed by atoms with Crippen LogP contribution in [0.4, 0.5) is 0 Å². The number of phosphoric acid groups is 2. The molecule has 0 amide bonds. The number of carbonyl (C=O) groups excluding carboxylic acids is 4. The van der Waals surface area contributed by atoms with Crippen molar-refractivity contribution < 1.29 is 80.2 Å².